The highest BCUT2D eigenvalue weighted by molar-refractivity contribution is 5.36. The van der Waals surface area contributed by atoms with E-state index in [1.807, 2.05) is 14.0 Å². The van der Waals surface area contributed by atoms with Crippen LogP contribution in [0, 0.1) is 5.82 Å². The molecule has 0 aliphatic carbocycles. The van der Waals surface area contributed by atoms with E-state index in [0.717, 1.165) is 5.56 Å². The highest BCUT2D eigenvalue weighted by Crippen LogP contribution is 2.25. The van der Waals surface area contributed by atoms with Crippen molar-refractivity contribution in [3.63, 3.8) is 0 Å². The number of nitrogens with one attached hydrogen (secondary N) is 1. The van der Waals surface area contributed by atoms with Crippen LogP contribution in [-0.4, -0.2) is 18.2 Å². The molecule has 1 heterocycles. The Morgan fingerprint density at radius 1 is 1.33 bits per heavy atom. The minimum atomic E-state index is -0.339. The van der Waals surface area contributed by atoms with Crippen molar-refractivity contribution in [1.82, 2.24) is 9.88 Å². The van der Waals surface area contributed by atoms with Crippen LogP contribution in [0.2, 0.25) is 0 Å². The van der Waals surface area contributed by atoms with E-state index in [0.29, 0.717) is 18.9 Å². The van der Waals surface area contributed by atoms with Gasteiger partial charge in [0.05, 0.1) is 6.54 Å². The standard InChI is InChI=1S/C16H19FN2O2/c1-12(18-2)14-7-6-13(17)11-15(14)21-10-9-19-8-4-3-5-16(19)20/h3-8,11-12,18H,9-10H2,1-2H3. The van der Waals surface area contributed by atoms with Crippen LogP contribution in [0.15, 0.2) is 47.4 Å². The summed E-state index contributed by atoms with van der Waals surface area (Å²) >= 11 is 0. The number of halogens is 1. The fraction of sp³-hybridized carbons (Fsp3) is 0.312. The van der Waals surface area contributed by atoms with E-state index in [9.17, 15) is 9.18 Å². The van der Waals surface area contributed by atoms with E-state index in [1.54, 1.807) is 29.0 Å². The molecule has 2 rings (SSSR count). The highest BCUT2D eigenvalue weighted by atomic mass is 19.1. The van der Waals surface area contributed by atoms with E-state index in [1.165, 1.54) is 18.2 Å². The van der Waals surface area contributed by atoms with Crippen molar-refractivity contribution < 1.29 is 9.13 Å². The zero-order chi connectivity index (χ0) is 15.2. The van der Waals surface area contributed by atoms with Crippen LogP contribution in [0.25, 0.3) is 0 Å². The van der Waals surface area contributed by atoms with Crippen molar-refractivity contribution in [1.29, 1.82) is 0 Å². The van der Waals surface area contributed by atoms with Crippen LogP contribution < -0.4 is 15.6 Å². The third-order valence-corrected chi connectivity index (χ3v) is 3.36. The molecule has 0 bridgehead atoms. The van der Waals surface area contributed by atoms with E-state index in [2.05, 4.69) is 5.32 Å². The Labute approximate surface area is 123 Å². The first kappa shape index (κ1) is 15.3. The third kappa shape index (κ3) is 3.92. The van der Waals surface area contributed by atoms with Gasteiger partial charge >= 0.3 is 0 Å². The van der Waals surface area contributed by atoms with Crippen molar-refractivity contribution >= 4 is 0 Å². The Morgan fingerprint density at radius 2 is 2.14 bits per heavy atom. The lowest BCUT2D eigenvalue weighted by Crippen LogP contribution is -2.21. The number of pyridine rings is 1. The monoisotopic (exact) mass is 290 g/mol. The first-order valence-corrected chi connectivity index (χ1v) is 6.87. The van der Waals surface area contributed by atoms with Crippen LogP contribution >= 0.6 is 0 Å². The molecule has 0 aliphatic heterocycles. The Morgan fingerprint density at radius 3 is 2.86 bits per heavy atom. The van der Waals surface area contributed by atoms with Gasteiger partial charge in [0.1, 0.15) is 18.2 Å². The molecule has 1 aromatic carbocycles. The van der Waals surface area contributed by atoms with Crippen LogP contribution in [0.1, 0.15) is 18.5 Å². The molecule has 4 nitrogen and oxygen atoms in total. The number of ether oxygens (including phenoxy) is 1. The fourth-order valence-corrected chi connectivity index (χ4v) is 2.05. The number of nitrogens with zero attached hydrogens (tertiary/aromatic N) is 1. The molecule has 1 atom stereocenters. The predicted molar refractivity (Wildman–Crippen MR) is 80.1 cm³/mol. The number of hydrogen-bond donors (Lipinski definition) is 1. The maximum absolute atomic E-state index is 13.4. The van der Waals surface area contributed by atoms with Crippen LogP contribution in [-0.2, 0) is 6.54 Å². The van der Waals surface area contributed by atoms with Crippen LogP contribution in [0.4, 0.5) is 4.39 Å². The van der Waals surface area contributed by atoms with Gasteiger partial charge in [-0.3, -0.25) is 4.79 Å². The second kappa shape index (κ2) is 7.04. The van der Waals surface area contributed by atoms with Gasteiger partial charge in [-0.2, -0.15) is 0 Å². The molecule has 5 heteroatoms. The molecule has 0 amide bonds. The SMILES string of the molecule is CNC(C)c1ccc(F)cc1OCCn1ccccc1=O. The maximum atomic E-state index is 13.4. The summed E-state index contributed by atoms with van der Waals surface area (Å²) in [6.45, 7) is 2.70. The lowest BCUT2D eigenvalue weighted by molar-refractivity contribution is 0.290. The zero-order valence-corrected chi connectivity index (χ0v) is 12.2. The average Bonchev–Trinajstić information content (AvgIpc) is 2.48. The Bertz CT molecular complexity index is 655. The largest absolute Gasteiger partial charge is 0.491 e. The van der Waals surface area contributed by atoms with Crippen molar-refractivity contribution in [3.05, 3.63) is 64.3 Å². The van der Waals surface area contributed by atoms with Gasteiger partial charge in [0.2, 0.25) is 0 Å². The summed E-state index contributed by atoms with van der Waals surface area (Å²) in [5.41, 5.74) is 0.809. The number of aromatic nitrogens is 1. The molecular weight excluding hydrogens is 271 g/mol. The van der Waals surface area contributed by atoms with Gasteiger partial charge in [-0.1, -0.05) is 12.1 Å². The smallest absolute Gasteiger partial charge is 0.250 e. The minimum absolute atomic E-state index is 0.0556. The fourth-order valence-electron chi connectivity index (χ4n) is 2.05. The number of rotatable bonds is 6. The maximum Gasteiger partial charge on any atom is 0.250 e. The van der Waals surface area contributed by atoms with Gasteiger partial charge in [0.15, 0.2) is 0 Å². The molecule has 112 valence electrons. The molecule has 21 heavy (non-hydrogen) atoms. The Balaban J connectivity index is 2.07. The van der Waals surface area contributed by atoms with Crippen LogP contribution in [0.5, 0.6) is 5.75 Å². The predicted octanol–water partition coefficient (Wildman–Crippen LogP) is 2.35. The molecule has 1 aromatic heterocycles. The topological polar surface area (TPSA) is 43.3 Å². The van der Waals surface area contributed by atoms with E-state index >= 15 is 0 Å². The summed E-state index contributed by atoms with van der Waals surface area (Å²) in [7, 11) is 1.83. The first-order valence-electron chi connectivity index (χ1n) is 6.87. The van der Waals surface area contributed by atoms with E-state index < -0.39 is 0 Å². The molecule has 1 N–H and O–H groups in total. The molecule has 0 fully saturated rings. The summed E-state index contributed by atoms with van der Waals surface area (Å²) in [5, 5.41) is 3.10. The molecule has 0 saturated carbocycles. The normalized spacial score (nSPS) is 12.1. The van der Waals surface area contributed by atoms with Crippen molar-refractivity contribution in [2.24, 2.45) is 0 Å². The second-order valence-corrected chi connectivity index (χ2v) is 4.77. The molecule has 0 aliphatic rings. The van der Waals surface area contributed by atoms with Gasteiger partial charge in [0.25, 0.3) is 5.56 Å². The molecule has 0 radical (unpaired) electrons. The summed E-state index contributed by atoms with van der Waals surface area (Å²) in [5.74, 6) is 0.162. The zero-order valence-electron chi connectivity index (χ0n) is 12.2. The van der Waals surface area contributed by atoms with Gasteiger partial charge in [0, 0.05) is 29.9 Å². The van der Waals surface area contributed by atoms with Crippen LogP contribution in [0.3, 0.4) is 0 Å². The van der Waals surface area contributed by atoms with Gasteiger partial charge in [-0.05, 0) is 26.1 Å². The number of hydrogen-bond acceptors (Lipinski definition) is 3. The lowest BCUT2D eigenvalue weighted by Gasteiger charge is -2.17. The third-order valence-electron chi connectivity index (χ3n) is 3.36. The Hall–Kier alpha value is -2.14. The highest BCUT2D eigenvalue weighted by Gasteiger charge is 2.11. The number of benzene rings is 1. The van der Waals surface area contributed by atoms with Gasteiger partial charge in [-0.15, -0.1) is 0 Å². The molecule has 2 aromatic rings. The van der Waals surface area contributed by atoms with E-state index in [-0.39, 0.29) is 17.4 Å². The minimum Gasteiger partial charge on any atom is -0.491 e. The molecule has 0 spiro atoms. The van der Waals surface area contributed by atoms with E-state index in [4.69, 9.17) is 4.74 Å². The molecule has 1 unspecified atom stereocenters. The second-order valence-electron chi connectivity index (χ2n) is 4.77. The quantitative estimate of drug-likeness (QED) is 0.888. The molecule has 0 saturated heterocycles. The summed E-state index contributed by atoms with van der Waals surface area (Å²) in [4.78, 5) is 11.6. The van der Waals surface area contributed by atoms with Crippen molar-refractivity contribution in [2.45, 2.75) is 19.5 Å². The average molecular weight is 290 g/mol. The van der Waals surface area contributed by atoms with Crippen molar-refractivity contribution in [2.75, 3.05) is 13.7 Å². The van der Waals surface area contributed by atoms with Crippen molar-refractivity contribution in [3.8, 4) is 5.75 Å². The Kier molecular flexibility index (Phi) is 5.11. The molecular formula is C16H19FN2O2. The van der Waals surface area contributed by atoms with Gasteiger partial charge < -0.3 is 14.6 Å². The first-order chi connectivity index (χ1) is 10.1. The lowest BCUT2D eigenvalue weighted by atomic mass is 10.1. The summed E-state index contributed by atoms with van der Waals surface area (Å²) in [6.07, 6.45) is 1.70. The summed E-state index contributed by atoms with van der Waals surface area (Å²) < 4.78 is 20.6. The summed E-state index contributed by atoms with van der Waals surface area (Å²) in [6, 6.07) is 9.53. The van der Waals surface area contributed by atoms with Gasteiger partial charge in [-0.25, -0.2) is 4.39 Å².